The van der Waals surface area contributed by atoms with Gasteiger partial charge in [-0.1, -0.05) is 23.2 Å². The lowest BCUT2D eigenvalue weighted by atomic mass is 10.2. The van der Waals surface area contributed by atoms with Crippen LogP contribution < -0.4 is 11.1 Å². The van der Waals surface area contributed by atoms with Crippen molar-refractivity contribution in [3.8, 4) is 5.75 Å². The van der Waals surface area contributed by atoms with Gasteiger partial charge in [0.2, 0.25) is 0 Å². The van der Waals surface area contributed by atoms with Gasteiger partial charge in [0.15, 0.2) is 0 Å². The Bertz CT molecular complexity index is 556. The summed E-state index contributed by atoms with van der Waals surface area (Å²) in [5, 5.41) is 13.7. The van der Waals surface area contributed by atoms with Gasteiger partial charge in [-0.25, -0.2) is 0 Å². The van der Waals surface area contributed by atoms with Crippen LogP contribution in [0.4, 0.5) is 11.4 Å². The van der Waals surface area contributed by atoms with Crippen molar-refractivity contribution in [3.05, 3.63) is 52.0 Å². The molecule has 0 aliphatic heterocycles. The fraction of sp³-hybridized carbons (Fsp3) is 0.0769. The van der Waals surface area contributed by atoms with Gasteiger partial charge in [-0.3, -0.25) is 0 Å². The zero-order valence-corrected chi connectivity index (χ0v) is 11.0. The van der Waals surface area contributed by atoms with E-state index in [1.54, 1.807) is 18.2 Å². The number of phenolic OH excluding ortho intramolecular Hbond substituents is 1. The molecule has 0 bridgehead atoms. The summed E-state index contributed by atoms with van der Waals surface area (Å²) in [6, 6.07) is 10.5. The average molecular weight is 283 g/mol. The van der Waals surface area contributed by atoms with Crippen LogP contribution in [0.2, 0.25) is 10.0 Å². The van der Waals surface area contributed by atoms with Crippen molar-refractivity contribution < 1.29 is 5.11 Å². The van der Waals surface area contributed by atoms with E-state index in [2.05, 4.69) is 5.32 Å². The van der Waals surface area contributed by atoms with Gasteiger partial charge in [0.1, 0.15) is 5.75 Å². The molecule has 0 spiro atoms. The maximum Gasteiger partial charge on any atom is 0.139 e. The van der Waals surface area contributed by atoms with Crippen LogP contribution in [0.3, 0.4) is 0 Å². The first-order valence-electron chi connectivity index (χ1n) is 5.32. The molecule has 2 rings (SSSR count). The van der Waals surface area contributed by atoms with Crippen LogP contribution in [0.1, 0.15) is 5.56 Å². The minimum absolute atomic E-state index is 0.0454. The Kier molecular flexibility index (Phi) is 3.84. The highest BCUT2D eigenvalue weighted by atomic mass is 35.5. The summed E-state index contributed by atoms with van der Waals surface area (Å²) in [6.07, 6.45) is 0. The molecule has 18 heavy (non-hydrogen) atoms. The molecule has 3 nitrogen and oxygen atoms in total. The summed E-state index contributed by atoms with van der Waals surface area (Å²) in [7, 11) is 0. The molecule has 0 saturated carbocycles. The highest BCUT2D eigenvalue weighted by molar-refractivity contribution is 6.35. The van der Waals surface area contributed by atoms with Gasteiger partial charge in [-0.15, -0.1) is 0 Å². The normalized spacial score (nSPS) is 10.3. The number of halogens is 2. The maximum absolute atomic E-state index is 9.79. The number of nitrogens with two attached hydrogens (primary N) is 1. The Balaban J connectivity index is 2.13. The summed E-state index contributed by atoms with van der Waals surface area (Å²) in [4.78, 5) is 0. The van der Waals surface area contributed by atoms with E-state index in [-0.39, 0.29) is 10.8 Å². The van der Waals surface area contributed by atoms with E-state index >= 15 is 0 Å². The number of benzene rings is 2. The van der Waals surface area contributed by atoms with E-state index in [0.29, 0.717) is 22.8 Å². The van der Waals surface area contributed by atoms with Crippen LogP contribution in [0.5, 0.6) is 5.75 Å². The number of nitrogen functional groups attached to an aromatic ring is 1. The largest absolute Gasteiger partial charge is 0.506 e. The molecule has 0 aliphatic rings. The van der Waals surface area contributed by atoms with Crippen molar-refractivity contribution in [1.82, 2.24) is 0 Å². The van der Waals surface area contributed by atoms with Crippen molar-refractivity contribution in [2.75, 3.05) is 11.1 Å². The molecule has 0 aliphatic carbocycles. The number of nitrogens with one attached hydrogen (secondary N) is 1. The van der Waals surface area contributed by atoms with Crippen molar-refractivity contribution >= 4 is 34.6 Å². The first kappa shape index (κ1) is 12.9. The van der Waals surface area contributed by atoms with Crippen molar-refractivity contribution in [1.29, 1.82) is 0 Å². The quantitative estimate of drug-likeness (QED) is 0.749. The second kappa shape index (κ2) is 5.38. The second-order valence-electron chi connectivity index (χ2n) is 3.87. The molecule has 2 aromatic rings. The molecular formula is C13H12Cl2N2O. The van der Waals surface area contributed by atoms with Crippen LogP contribution in [0.15, 0.2) is 36.4 Å². The van der Waals surface area contributed by atoms with Crippen molar-refractivity contribution in [2.45, 2.75) is 6.54 Å². The minimum atomic E-state index is 0.0454. The standard InChI is InChI=1S/C13H12Cl2N2O/c14-9-5-8(13(18)12(15)6-9)7-17-11-3-1-10(16)2-4-11/h1-6,17-18H,7,16H2. The highest BCUT2D eigenvalue weighted by Gasteiger charge is 2.07. The van der Waals surface area contributed by atoms with E-state index in [1.807, 2.05) is 12.1 Å². The fourth-order valence-electron chi connectivity index (χ4n) is 1.55. The molecule has 4 N–H and O–H groups in total. The van der Waals surface area contributed by atoms with Gasteiger partial charge in [0.25, 0.3) is 0 Å². The molecule has 0 atom stereocenters. The van der Waals surface area contributed by atoms with Crippen LogP contribution in [-0.2, 0) is 6.54 Å². The molecule has 0 unspecified atom stereocenters. The molecular weight excluding hydrogens is 271 g/mol. The molecule has 0 radical (unpaired) electrons. The monoisotopic (exact) mass is 282 g/mol. The average Bonchev–Trinajstić information content (AvgIpc) is 2.34. The zero-order valence-electron chi connectivity index (χ0n) is 9.45. The van der Waals surface area contributed by atoms with Crippen LogP contribution >= 0.6 is 23.2 Å². The van der Waals surface area contributed by atoms with E-state index in [0.717, 1.165) is 5.69 Å². The van der Waals surface area contributed by atoms with Crippen molar-refractivity contribution in [3.63, 3.8) is 0 Å². The van der Waals surface area contributed by atoms with Gasteiger partial charge >= 0.3 is 0 Å². The third-order valence-electron chi connectivity index (χ3n) is 2.50. The third-order valence-corrected chi connectivity index (χ3v) is 3.01. The molecule has 0 fully saturated rings. The first-order valence-corrected chi connectivity index (χ1v) is 6.08. The van der Waals surface area contributed by atoms with Crippen LogP contribution in [0.25, 0.3) is 0 Å². The van der Waals surface area contributed by atoms with Gasteiger partial charge in [0.05, 0.1) is 5.02 Å². The summed E-state index contributed by atoms with van der Waals surface area (Å²) in [5.74, 6) is 0.0454. The fourth-order valence-corrected chi connectivity index (χ4v) is 2.09. The Morgan fingerprint density at radius 1 is 1.11 bits per heavy atom. The highest BCUT2D eigenvalue weighted by Crippen LogP contribution is 2.31. The smallest absolute Gasteiger partial charge is 0.139 e. The summed E-state index contributed by atoms with van der Waals surface area (Å²) in [5.41, 5.74) is 7.84. The van der Waals surface area contributed by atoms with Gasteiger partial charge < -0.3 is 16.2 Å². The number of rotatable bonds is 3. The molecule has 5 heteroatoms. The Morgan fingerprint density at radius 3 is 2.44 bits per heavy atom. The first-order chi connectivity index (χ1) is 8.56. The Labute approximate surface area is 115 Å². The Morgan fingerprint density at radius 2 is 1.78 bits per heavy atom. The molecule has 0 amide bonds. The predicted octanol–water partition coefficient (Wildman–Crippen LogP) is 3.89. The second-order valence-corrected chi connectivity index (χ2v) is 4.71. The lowest BCUT2D eigenvalue weighted by Crippen LogP contribution is -2.00. The lowest BCUT2D eigenvalue weighted by Gasteiger charge is -2.10. The summed E-state index contributed by atoms with van der Waals surface area (Å²) in [6.45, 7) is 0.427. The van der Waals surface area contributed by atoms with Gasteiger partial charge in [0, 0.05) is 28.5 Å². The number of phenols is 1. The lowest BCUT2D eigenvalue weighted by molar-refractivity contribution is 0.469. The predicted molar refractivity (Wildman–Crippen MR) is 76.3 cm³/mol. The Hall–Kier alpha value is -1.58. The van der Waals surface area contributed by atoms with Crippen LogP contribution in [0, 0.1) is 0 Å². The van der Waals surface area contributed by atoms with Gasteiger partial charge in [-0.05, 0) is 36.4 Å². The number of hydrogen-bond acceptors (Lipinski definition) is 3. The number of hydrogen-bond donors (Lipinski definition) is 3. The van der Waals surface area contributed by atoms with E-state index in [4.69, 9.17) is 28.9 Å². The summed E-state index contributed by atoms with van der Waals surface area (Å²) >= 11 is 11.7. The number of anilines is 2. The topological polar surface area (TPSA) is 58.3 Å². The molecule has 0 aromatic heterocycles. The molecule has 94 valence electrons. The van der Waals surface area contributed by atoms with Crippen LogP contribution in [-0.4, -0.2) is 5.11 Å². The molecule has 0 saturated heterocycles. The maximum atomic E-state index is 9.79. The number of aromatic hydroxyl groups is 1. The third kappa shape index (κ3) is 3.00. The van der Waals surface area contributed by atoms with E-state index in [1.165, 1.54) is 6.07 Å². The minimum Gasteiger partial charge on any atom is -0.506 e. The summed E-state index contributed by atoms with van der Waals surface area (Å²) < 4.78 is 0. The molecule has 2 aromatic carbocycles. The SMILES string of the molecule is Nc1ccc(NCc2cc(Cl)cc(Cl)c2O)cc1. The molecule has 0 heterocycles. The van der Waals surface area contributed by atoms with Gasteiger partial charge in [-0.2, -0.15) is 0 Å². The van der Waals surface area contributed by atoms with Crippen molar-refractivity contribution in [2.24, 2.45) is 0 Å². The zero-order chi connectivity index (χ0) is 13.1. The van der Waals surface area contributed by atoms with E-state index < -0.39 is 0 Å². The van der Waals surface area contributed by atoms with E-state index in [9.17, 15) is 5.11 Å².